The fourth-order valence-corrected chi connectivity index (χ4v) is 3.27. The number of ether oxygens (including phenoxy) is 2. The molecule has 0 saturated heterocycles. The second-order valence-electron chi connectivity index (χ2n) is 6.00. The quantitative estimate of drug-likeness (QED) is 0.608. The summed E-state index contributed by atoms with van der Waals surface area (Å²) in [6, 6.07) is 8.37. The number of benzene rings is 2. The fourth-order valence-electron chi connectivity index (χ4n) is 2.93. The Morgan fingerprint density at radius 3 is 2.57 bits per heavy atom. The van der Waals surface area contributed by atoms with Crippen molar-refractivity contribution in [3.05, 3.63) is 61.9 Å². The number of rotatable bonds is 5. The summed E-state index contributed by atoms with van der Waals surface area (Å²) in [5, 5.41) is 3.87. The van der Waals surface area contributed by atoms with Crippen molar-refractivity contribution in [1.29, 1.82) is 0 Å². The van der Waals surface area contributed by atoms with E-state index in [4.69, 9.17) is 37.1 Å². The number of aryl methyl sites for hydroxylation is 1. The van der Waals surface area contributed by atoms with Gasteiger partial charge in [-0.15, -0.1) is 0 Å². The van der Waals surface area contributed by atoms with Gasteiger partial charge >= 0.3 is 5.63 Å². The van der Waals surface area contributed by atoms with Crippen molar-refractivity contribution in [3.8, 4) is 11.5 Å². The highest BCUT2D eigenvalue weighted by atomic mass is 35.5. The van der Waals surface area contributed by atoms with Crippen LogP contribution in [0.15, 0.2) is 39.5 Å². The first-order valence-corrected chi connectivity index (χ1v) is 9.04. The highest BCUT2D eigenvalue weighted by Crippen LogP contribution is 2.36. The number of amides is 1. The Morgan fingerprint density at radius 2 is 1.89 bits per heavy atom. The molecule has 0 spiro atoms. The Morgan fingerprint density at radius 1 is 1.14 bits per heavy atom. The molecule has 1 aromatic heterocycles. The van der Waals surface area contributed by atoms with Crippen LogP contribution in [-0.4, -0.2) is 20.1 Å². The van der Waals surface area contributed by atoms with E-state index in [1.54, 1.807) is 37.3 Å². The van der Waals surface area contributed by atoms with Crippen molar-refractivity contribution < 1.29 is 18.7 Å². The van der Waals surface area contributed by atoms with Crippen LogP contribution in [0.1, 0.15) is 11.1 Å². The Bertz CT molecular complexity index is 1120. The summed E-state index contributed by atoms with van der Waals surface area (Å²) in [5.74, 6) is 0.347. The summed E-state index contributed by atoms with van der Waals surface area (Å²) in [6.45, 7) is 1.75. The number of carbonyl (C=O) groups excluding carboxylic acids is 1. The molecule has 28 heavy (non-hydrogen) atoms. The van der Waals surface area contributed by atoms with Gasteiger partial charge < -0.3 is 19.2 Å². The van der Waals surface area contributed by atoms with Crippen molar-refractivity contribution in [2.24, 2.45) is 0 Å². The largest absolute Gasteiger partial charge is 0.493 e. The number of halogens is 2. The molecular weight excluding hydrogens is 405 g/mol. The number of hydrogen-bond acceptors (Lipinski definition) is 5. The summed E-state index contributed by atoms with van der Waals surface area (Å²) in [6.07, 6.45) is -0.179. The van der Waals surface area contributed by atoms with Crippen molar-refractivity contribution in [2.45, 2.75) is 13.3 Å². The third-order valence-electron chi connectivity index (χ3n) is 4.36. The molecule has 1 N–H and O–H groups in total. The van der Waals surface area contributed by atoms with Gasteiger partial charge in [-0.3, -0.25) is 4.79 Å². The summed E-state index contributed by atoms with van der Waals surface area (Å²) in [4.78, 5) is 25.0. The van der Waals surface area contributed by atoms with E-state index >= 15 is 0 Å². The van der Waals surface area contributed by atoms with Crippen LogP contribution < -0.4 is 20.4 Å². The molecule has 0 aliphatic rings. The number of nitrogens with one attached hydrogen (secondary N) is 1. The summed E-state index contributed by atoms with van der Waals surface area (Å²) < 4.78 is 16.0. The molecule has 1 heterocycles. The maximum Gasteiger partial charge on any atom is 0.340 e. The number of fused-ring (bicyclic) bond motifs is 1. The Hall–Kier alpha value is -2.70. The second-order valence-corrected chi connectivity index (χ2v) is 6.78. The van der Waals surface area contributed by atoms with Crippen LogP contribution in [-0.2, 0) is 11.2 Å². The van der Waals surface area contributed by atoms with Gasteiger partial charge in [-0.05, 0) is 36.8 Å². The minimum absolute atomic E-state index is 0.179. The molecule has 0 aliphatic carbocycles. The van der Waals surface area contributed by atoms with Crippen LogP contribution in [0.3, 0.4) is 0 Å². The van der Waals surface area contributed by atoms with Crippen LogP contribution in [0, 0.1) is 6.92 Å². The lowest BCUT2D eigenvalue weighted by Crippen LogP contribution is -2.21. The standard InChI is InChI=1S/C20H17Cl2NO5/c1-10-11-7-8-15(26-2)19(27-3)18(11)28-20(25)12(10)9-16(24)23-14-6-4-5-13(21)17(14)22/h4-8H,9H2,1-3H3,(H,23,24). The van der Waals surface area contributed by atoms with Crippen LogP contribution >= 0.6 is 23.2 Å². The van der Waals surface area contributed by atoms with E-state index < -0.39 is 11.5 Å². The minimum Gasteiger partial charge on any atom is -0.493 e. The van der Waals surface area contributed by atoms with Gasteiger partial charge in [0, 0.05) is 5.39 Å². The van der Waals surface area contributed by atoms with E-state index in [1.807, 2.05) is 0 Å². The van der Waals surface area contributed by atoms with Crippen LogP contribution in [0.2, 0.25) is 10.0 Å². The first-order valence-electron chi connectivity index (χ1n) is 8.28. The van der Waals surface area contributed by atoms with Crippen LogP contribution in [0.4, 0.5) is 5.69 Å². The average Bonchev–Trinajstić information content (AvgIpc) is 2.67. The Balaban J connectivity index is 1.98. The molecular formula is C20H17Cl2NO5. The zero-order valence-corrected chi connectivity index (χ0v) is 16.9. The molecule has 2 aromatic carbocycles. The number of anilines is 1. The van der Waals surface area contributed by atoms with Crippen molar-refractivity contribution >= 4 is 45.8 Å². The predicted octanol–water partition coefficient (Wildman–Crippen LogP) is 4.61. The SMILES string of the molecule is COc1ccc2c(C)c(CC(=O)Nc3cccc(Cl)c3Cl)c(=O)oc2c1OC. The predicted molar refractivity (Wildman–Crippen MR) is 109 cm³/mol. The van der Waals surface area contributed by atoms with Gasteiger partial charge in [0.25, 0.3) is 0 Å². The van der Waals surface area contributed by atoms with E-state index in [9.17, 15) is 9.59 Å². The molecule has 0 radical (unpaired) electrons. The molecule has 146 valence electrons. The maximum absolute atomic E-state index is 12.5. The molecule has 3 rings (SSSR count). The third-order valence-corrected chi connectivity index (χ3v) is 5.18. The lowest BCUT2D eigenvalue weighted by Gasteiger charge is -2.13. The van der Waals surface area contributed by atoms with Crippen LogP contribution in [0.25, 0.3) is 11.0 Å². The monoisotopic (exact) mass is 421 g/mol. The highest BCUT2D eigenvalue weighted by molar-refractivity contribution is 6.44. The smallest absolute Gasteiger partial charge is 0.340 e. The van der Waals surface area contributed by atoms with Crippen molar-refractivity contribution in [3.63, 3.8) is 0 Å². The number of methoxy groups -OCH3 is 2. The van der Waals surface area contributed by atoms with Gasteiger partial charge in [-0.2, -0.15) is 0 Å². The van der Waals surface area contributed by atoms with E-state index in [2.05, 4.69) is 5.32 Å². The zero-order valence-electron chi connectivity index (χ0n) is 15.4. The van der Waals surface area contributed by atoms with E-state index in [-0.39, 0.29) is 22.6 Å². The fraction of sp³-hybridized carbons (Fsp3) is 0.200. The molecule has 8 heteroatoms. The van der Waals surface area contributed by atoms with E-state index in [1.165, 1.54) is 14.2 Å². The molecule has 6 nitrogen and oxygen atoms in total. The molecule has 0 unspecified atom stereocenters. The topological polar surface area (TPSA) is 77.8 Å². The lowest BCUT2D eigenvalue weighted by atomic mass is 10.0. The van der Waals surface area contributed by atoms with E-state index in [0.717, 1.165) is 0 Å². The third kappa shape index (κ3) is 3.66. The average molecular weight is 422 g/mol. The molecule has 1 amide bonds. The molecule has 0 fully saturated rings. The van der Waals surface area contributed by atoms with Crippen molar-refractivity contribution in [1.82, 2.24) is 0 Å². The maximum atomic E-state index is 12.5. The van der Waals surface area contributed by atoms with Gasteiger partial charge in [-0.1, -0.05) is 29.3 Å². The van der Waals surface area contributed by atoms with Crippen LogP contribution in [0.5, 0.6) is 11.5 Å². The van der Waals surface area contributed by atoms with E-state index in [0.29, 0.717) is 33.2 Å². The normalized spacial score (nSPS) is 10.8. The lowest BCUT2D eigenvalue weighted by molar-refractivity contribution is -0.115. The van der Waals surface area contributed by atoms with Crippen molar-refractivity contribution in [2.75, 3.05) is 19.5 Å². The summed E-state index contributed by atoms with van der Waals surface area (Å²) in [5.41, 5.74) is 0.888. The van der Waals surface area contributed by atoms with Gasteiger partial charge in [0.05, 0.1) is 41.9 Å². The second kappa shape index (κ2) is 8.12. The molecule has 0 aliphatic heterocycles. The minimum atomic E-state index is -0.621. The Labute approximate surface area is 171 Å². The highest BCUT2D eigenvalue weighted by Gasteiger charge is 2.20. The number of hydrogen-bond donors (Lipinski definition) is 1. The summed E-state index contributed by atoms with van der Waals surface area (Å²) >= 11 is 12.0. The Kier molecular flexibility index (Phi) is 5.82. The zero-order chi connectivity index (χ0) is 20.4. The van der Waals surface area contributed by atoms with Gasteiger partial charge in [0.2, 0.25) is 11.7 Å². The van der Waals surface area contributed by atoms with Gasteiger partial charge in [-0.25, -0.2) is 4.79 Å². The molecule has 0 bridgehead atoms. The molecule has 0 atom stereocenters. The first kappa shape index (κ1) is 20.0. The molecule has 3 aromatic rings. The van der Waals surface area contributed by atoms with Gasteiger partial charge in [0.15, 0.2) is 11.3 Å². The number of carbonyl (C=O) groups is 1. The summed E-state index contributed by atoms with van der Waals surface area (Å²) in [7, 11) is 2.96. The first-order chi connectivity index (χ1) is 13.4. The molecule has 0 saturated carbocycles. The van der Waals surface area contributed by atoms with Gasteiger partial charge in [0.1, 0.15) is 0 Å².